The summed E-state index contributed by atoms with van der Waals surface area (Å²) in [6.07, 6.45) is 0. The SMILES string of the molecule is CN(C)c1ccc(Nc2ccc3ccc4cccc5ccc2c3c45)cc1.[C-]#[N+]c1ccc(N(c2cccc(Cl)c2Cl)c2ccc3ccc4cccc5ccc2c3c45)cc1.[C-]#[N+]c1ccc(N(c2cccc(N(c3ccc(N(C)C)cc3)c3ccc4ccc5cccc6ccc3c4c56)c2Cl)c2ccc3ccc4cccc5ccc2c3c45)cc1. The average molecular weight is 1560 g/mol. The van der Waals surface area contributed by atoms with Crippen molar-refractivity contribution in [1.82, 2.24) is 0 Å². The number of halogens is 3. The molecule has 0 aliphatic carbocycles. The van der Waals surface area contributed by atoms with Gasteiger partial charge in [-0.2, -0.15) is 0 Å². The summed E-state index contributed by atoms with van der Waals surface area (Å²) in [4.78, 5) is 18.2. The Balaban J connectivity index is 0.000000125. The number of nitrogens with one attached hydrogen (secondary N) is 1. The van der Waals surface area contributed by atoms with Gasteiger partial charge in [0, 0.05) is 89.5 Å². The van der Waals surface area contributed by atoms with E-state index in [4.69, 9.17) is 47.9 Å². The van der Waals surface area contributed by atoms with Crippen molar-refractivity contribution in [3.05, 3.63) is 390 Å². The highest BCUT2D eigenvalue weighted by atomic mass is 35.5. The van der Waals surface area contributed by atoms with E-state index in [0.29, 0.717) is 26.4 Å². The third-order valence-electron chi connectivity index (χ3n) is 23.1. The first kappa shape index (κ1) is 71.7. The summed E-state index contributed by atoms with van der Waals surface area (Å²) in [5.41, 5.74) is 14.1. The fourth-order valence-corrected chi connectivity index (χ4v) is 18.3. The van der Waals surface area contributed by atoms with Crippen molar-refractivity contribution in [2.75, 3.05) is 58.0 Å². The van der Waals surface area contributed by atoms with Crippen LogP contribution in [-0.2, 0) is 0 Å². The summed E-state index contributed by atoms with van der Waals surface area (Å²) in [5, 5.41) is 34.8. The summed E-state index contributed by atoms with van der Waals surface area (Å²) in [7, 11) is 8.24. The molecule has 8 nitrogen and oxygen atoms in total. The van der Waals surface area contributed by atoms with Crippen LogP contribution in [0.4, 0.5) is 85.3 Å². The highest BCUT2D eigenvalue weighted by molar-refractivity contribution is 6.44. The summed E-state index contributed by atoms with van der Waals surface area (Å²) in [5.74, 6) is 0. The first-order valence-corrected chi connectivity index (χ1v) is 40.0. The first-order chi connectivity index (χ1) is 57.3. The highest BCUT2D eigenvalue weighted by Crippen LogP contribution is 2.53. The Kier molecular flexibility index (Phi) is 17.9. The lowest BCUT2D eigenvalue weighted by atomic mass is 9.93. The molecule has 0 aliphatic heterocycles. The van der Waals surface area contributed by atoms with Gasteiger partial charge in [-0.25, -0.2) is 9.69 Å². The van der Waals surface area contributed by atoms with Crippen LogP contribution >= 0.6 is 34.8 Å². The maximum absolute atomic E-state index is 7.90. The first-order valence-electron chi connectivity index (χ1n) is 38.9. The van der Waals surface area contributed by atoms with E-state index in [-0.39, 0.29) is 0 Å². The Bertz CT molecular complexity index is 7620. The van der Waals surface area contributed by atoms with Crippen LogP contribution in [-0.4, -0.2) is 28.2 Å². The Morgan fingerprint density at radius 3 is 0.829 bits per heavy atom. The summed E-state index contributed by atoms with van der Waals surface area (Å²) >= 11 is 21.1. The van der Waals surface area contributed by atoms with Crippen LogP contribution in [0.5, 0.6) is 0 Å². The second-order valence-corrected chi connectivity index (χ2v) is 31.4. The number of rotatable bonds is 13. The molecular formula is C106H71Cl3N8. The molecule has 117 heavy (non-hydrogen) atoms. The Hall–Kier alpha value is -14.4. The smallest absolute Gasteiger partial charge is 0.187 e. The molecule has 22 rings (SSSR count). The van der Waals surface area contributed by atoms with E-state index in [2.05, 4.69) is 353 Å². The fourth-order valence-electron chi connectivity index (χ4n) is 17.6. The van der Waals surface area contributed by atoms with Crippen LogP contribution in [0.3, 0.4) is 0 Å². The van der Waals surface area contributed by atoms with E-state index in [0.717, 1.165) is 84.4 Å². The van der Waals surface area contributed by atoms with Crippen LogP contribution in [0, 0.1) is 13.1 Å². The minimum atomic E-state index is 0.485. The van der Waals surface area contributed by atoms with Crippen molar-refractivity contribution < 1.29 is 0 Å². The van der Waals surface area contributed by atoms with Crippen LogP contribution in [0.2, 0.25) is 15.1 Å². The van der Waals surface area contributed by atoms with E-state index >= 15 is 0 Å². The third-order valence-corrected chi connectivity index (χ3v) is 24.3. The van der Waals surface area contributed by atoms with Gasteiger partial charge in [0.15, 0.2) is 11.4 Å². The predicted molar refractivity (Wildman–Crippen MR) is 504 cm³/mol. The Labute approximate surface area is 692 Å². The third kappa shape index (κ3) is 12.4. The molecule has 0 spiro atoms. The van der Waals surface area contributed by atoms with Gasteiger partial charge in [0.05, 0.1) is 62.3 Å². The molecule has 0 bridgehead atoms. The zero-order chi connectivity index (χ0) is 79.3. The van der Waals surface area contributed by atoms with Crippen molar-refractivity contribution in [3.8, 4) is 0 Å². The molecule has 0 saturated carbocycles. The Morgan fingerprint density at radius 2 is 0.487 bits per heavy atom. The standard InChI is InChI=1S/C53H35ClN4.C29H16Cl2N2.C24H20N2/c1-55-39-21-23-41(24-22-39)57(45-31-19-37-15-13-33-7-4-9-35-17-29-43(45)51(37)49(33)35)47-11-6-12-48(53(47)54)58(42-27-25-40(26-28-42)56(2)3)46-32-20-38-16-14-34-8-5-10-36-18-30-44(46)52(38)50(34)36;1-32-21-12-14-22(15-13-21)33(26-7-3-6-24(30)29(26)31)25-17-11-20-9-8-18-4-2-5-19-10-16-23(25)28(20)27(18)19;1-26(2)20-12-10-19(11-13-20)25-22-15-9-18-7-6-16-4-3-5-17-8-14-21(22)24(18)23(16)17/h4-32H,2-3H3;2-17H;3-15,25H,1-2H3. The maximum atomic E-state index is 7.90. The number of hydrogen-bond donors (Lipinski definition) is 1. The van der Waals surface area contributed by atoms with Gasteiger partial charge in [-0.1, -0.05) is 265 Å². The van der Waals surface area contributed by atoms with Crippen molar-refractivity contribution in [2.45, 2.75) is 0 Å². The molecule has 22 aromatic rings. The molecule has 0 saturated heterocycles. The van der Waals surface area contributed by atoms with Crippen molar-refractivity contribution in [2.24, 2.45) is 0 Å². The van der Waals surface area contributed by atoms with Gasteiger partial charge in [0.25, 0.3) is 0 Å². The molecule has 0 amide bonds. The molecule has 0 aliphatic rings. The molecule has 556 valence electrons. The molecule has 0 fully saturated rings. The van der Waals surface area contributed by atoms with Gasteiger partial charge in [-0.15, -0.1) is 0 Å². The van der Waals surface area contributed by atoms with Crippen LogP contribution in [0.25, 0.3) is 139 Å². The molecule has 1 N–H and O–H groups in total. The maximum Gasteiger partial charge on any atom is 0.187 e. The molecule has 11 heteroatoms. The number of nitrogens with zero attached hydrogens (tertiary/aromatic N) is 7. The normalized spacial score (nSPS) is 11.5. The largest absolute Gasteiger partial charge is 0.378 e. The average Bonchev–Trinajstić information content (AvgIpc) is 0.480. The van der Waals surface area contributed by atoms with Crippen LogP contribution in [0.1, 0.15) is 0 Å². The highest BCUT2D eigenvalue weighted by Gasteiger charge is 2.28. The van der Waals surface area contributed by atoms with E-state index in [1.165, 1.54) is 119 Å². The number of hydrogen-bond acceptors (Lipinski definition) is 6. The molecule has 0 atom stereocenters. The molecular weight excluding hydrogens is 1490 g/mol. The zero-order valence-corrected chi connectivity index (χ0v) is 66.5. The van der Waals surface area contributed by atoms with Crippen molar-refractivity contribution >= 4 is 249 Å². The zero-order valence-electron chi connectivity index (χ0n) is 64.3. The fraction of sp³-hybridized carbons (Fsp3) is 0.0377. The second-order valence-electron chi connectivity index (χ2n) is 30.2. The van der Waals surface area contributed by atoms with Crippen molar-refractivity contribution in [3.63, 3.8) is 0 Å². The minimum Gasteiger partial charge on any atom is -0.378 e. The van der Waals surface area contributed by atoms with Gasteiger partial charge in [-0.3, -0.25) is 0 Å². The molecule has 0 radical (unpaired) electrons. The van der Waals surface area contributed by atoms with Gasteiger partial charge in [0.2, 0.25) is 0 Å². The van der Waals surface area contributed by atoms with E-state index in [1.807, 2.05) is 60.7 Å². The second kappa shape index (κ2) is 29.2. The molecule has 0 heterocycles. The van der Waals surface area contributed by atoms with Gasteiger partial charge in [0.1, 0.15) is 0 Å². The Morgan fingerprint density at radius 1 is 0.231 bits per heavy atom. The lowest BCUT2D eigenvalue weighted by Crippen LogP contribution is -2.15. The summed E-state index contributed by atoms with van der Waals surface area (Å²) < 4.78 is 0. The van der Waals surface area contributed by atoms with E-state index in [1.54, 1.807) is 6.07 Å². The molecule has 0 unspecified atom stereocenters. The molecule has 22 aromatic carbocycles. The lowest BCUT2D eigenvalue weighted by molar-refractivity contribution is 1.13. The summed E-state index contributed by atoms with van der Waals surface area (Å²) in [6.45, 7) is 15.0. The van der Waals surface area contributed by atoms with Gasteiger partial charge >= 0.3 is 0 Å². The van der Waals surface area contributed by atoms with E-state index < -0.39 is 0 Å². The van der Waals surface area contributed by atoms with Gasteiger partial charge in [-0.05, 0) is 229 Å². The van der Waals surface area contributed by atoms with E-state index in [9.17, 15) is 0 Å². The number of benzene rings is 22. The number of anilines is 13. The molecule has 0 aromatic heterocycles. The lowest BCUT2D eigenvalue weighted by Gasteiger charge is -2.32. The predicted octanol–water partition coefficient (Wildman–Crippen LogP) is 32.0. The van der Waals surface area contributed by atoms with Crippen LogP contribution in [0.15, 0.2) is 352 Å². The topological polar surface area (TPSA) is 37.0 Å². The van der Waals surface area contributed by atoms with Crippen LogP contribution < -0.4 is 29.8 Å². The monoisotopic (exact) mass is 1560 g/mol. The quantitative estimate of drug-likeness (QED) is 0.0916. The minimum absolute atomic E-state index is 0.485. The van der Waals surface area contributed by atoms with Gasteiger partial charge < -0.3 is 29.8 Å². The summed E-state index contributed by atoms with van der Waals surface area (Å²) in [6, 6.07) is 123. The van der Waals surface area contributed by atoms with Crippen molar-refractivity contribution in [1.29, 1.82) is 0 Å².